The minimum atomic E-state index is -0.511. The van der Waals surface area contributed by atoms with Crippen molar-refractivity contribution in [1.82, 2.24) is 10.6 Å². The summed E-state index contributed by atoms with van der Waals surface area (Å²) in [5, 5.41) is 14.5. The highest BCUT2D eigenvalue weighted by molar-refractivity contribution is 6.01. The van der Waals surface area contributed by atoms with E-state index in [-0.39, 0.29) is 29.5 Å². The predicted octanol–water partition coefficient (Wildman–Crippen LogP) is 1.02. The standard InChI is InChI=1S/C16H17N3O3/c17-14-7-6-12(20)8-13(14)16(22)19-10-15(21)18-9-11-4-2-1-3-5-11/h1-8,20H,9-10,17H2,(H,18,21)(H,19,22). The molecule has 22 heavy (non-hydrogen) atoms. The molecule has 0 unspecified atom stereocenters. The minimum Gasteiger partial charge on any atom is -0.508 e. The van der Waals surface area contributed by atoms with Crippen LogP contribution in [0.25, 0.3) is 0 Å². The molecule has 0 aliphatic heterocycles. The van der Waals surface area contributed by atoms with Crippen molar-refractivity contribution in [3.8, 4) is 5.75 Å². The highest BCUT2D eigenvalue weighted by Crippen LogP contribution is 2.17. The number of nitrogens with two attached hydrogens (primary N) is 1. The summed E-state index contributed by atoms with van der Waals surface area (Å²) in [6.07, 6.45) is 0. The molecule has 0 spiro atoms. The molecule has 0 aliphatic rings. The third kappa shape index (κ3) is 4.24. The van der Waals surface area contributed by atoms with Gasteiger partial charge in [0.25, 0.3) is 5.91 Å². The smallest absolute Gasteiger partial charge is 0.253 e. The molecule has 0 bridgehead atoms. The van der Waals surface area contributed by atoms with E-state index in [9.17, 15) is 14.7 Å². The van der Waals surface area contributed by atoms with Gasteiger partial charge in [0.1, 0.15) is 5.75 Å². The third-order valence-electron chi connectivity index (χ3n) is 3.02. The molecule has 5 N–H and O–H groups in total. The Morgan fingerprint density at radius 3 is 2.50 bits per heavy atom. The van der Waals surface area contributed by atoms with Crippen LogP contribution in [-0.2, 0) is 11.3 Å². The number of phenolic OH excluding ortho intramolecular Hbond substituents is 1. The van der Waals surface area contributed by atoms with Crippen LogP contribution in [0.1, 0.15) is 15.9 Å². The van der Waals surface area contributed by atoms with Gasteiger partial charge in [0.15, 0.2) is 0 Å². The Balaban J connectivity index is 1.83. The number of rotatable bonds is 5. The number of anilines is 1. The van der Waals surface area contributed by atoms with E-state index in [1.807, 2.05) is 30.3 Å². The molecule has 6 heteroatoms. The molecule has 2 rings (SSSR count). The van der Waals surface area contributed by atoms with Crippen LogP contribution in [0.2, 0.25) is 0 Å². The summed E-state index contributed by atoms with van der Waals surface area (Å²) in [7, 11) is 0. The van der Waals surface area contributed by atoms with E-state index in [0.717, 1.165) is 5.56 Å². The van der Waals surface area contributed by atoms with Crippen molar-refractivity contribution >= 4 is 17.5 Å². The van der Waals surface area contributed by atoms with E-state index in [2.05, 4.69) is 10.6 Å². The lowest BCUT2D eigenvalue weighted by Crippen LogP contribution is -2.36. The number of amides is 2. The summed E-state index contributed by atoms with van der Waals surface area (Å²) in [5.74, 6) is -0.882. The van der Waals surface area contributed by atoms with Gasteiger partial charge in [-0.2, -0.15) is 0 Å². The van der Waals surface area contributed by atoms with E-state index in [4.69, 9.17) is 5.73 Å². The number of benzene rings is 2. The zero-order chi connectivity index (χ0) is 15.9. The van der Waals surface area contributed by atoms with Crippen LogP contribution in [0, 0.1) is 0 Å². The van der Waals surface area contributed by atoms with Crippen molar-refractivity contribution < 1.29 is 14.7 Å². The van der Waals surface area contributed by atoms with Gasteiger partial charge in [0.2, 0.25) is 5.91 Å². The Morgan fingerprint density at radius 2 is 1.77 bits per heavy atom. The number of nitrogens with one attached hydrogen (secondary N) is 2. The van der Waals surface area contributed by atoms with Crippen molar-refractivity contribution in [3.05, 3.63) is 59.7 Å². The Hall–Kier alpha value is -3.02. The predicted molar refractivity (Wildman–Crippen MR) is 83.1 cm³/mol. The van der Waals surface area contributed by atoms with Crippen LogP contribution < -0.4 is 16.4 Å². The van der Waals surface area contributed by atoms with Crippen LogP contribution in [-0.4, -0.2) is 23.5 Å². The van der Waals surface area contributed by atoms with Gasteiger partial charge in [-0.25, -0.2) is 0 Å². The van der Waals surface area contributed by atoms with Crippen molar-refractivity contribution in [3.63, 3.8) is 0 Å². The number of hydrogen-bond donors (Lipinski definition) is 4. The van der Waals surface area contributed by atoms with Gasteiger partial charge in [-0.3, -0.25) is 9.59 Å². The summed E-state index contributed by atoms with van der Waals surface area (Å²) < 4.78 is 0. The second-order valence-electron chi connectivity index (χ2n) is 4.72. The summed E-state index contributed by atoms with van der Waals surface area (Å²) >= 11 is 0. The van der Waals surface area contributed by atoms with E-state index in [1.165, 1.54) is 18.2 Å². The molecule has 0 atom stereocenters. The molecule has 2 aromatic carbocycles. The first kappa shape index (κ1) is 15.4. The van der Waals surface area contributed by atoms with Crippen LogP contribution in [0.4, 0.5) is 5.69 Å². The highest BCUT2D eigenvalue weighted by atomic mass is 16.3. The fourth-order valence-electron chi connectivity index (χ4n) is 1.86. The van der Waals surface area contributed by atoms with Crippen molar-refractivity contribution in [2.24, 2.45) is 0 Å². The van der Waals surface area contributed by atoms with Crippen LogP contribution in [0.3, 0.4) is 0 Å². The lowest BCUT2D eigenvalue weighted by molar-refractivity contribution is -0.120. The quantitative estimate of drug-likeness (QED) is 0.488. The highest BCUT2D eigenvalue weighted by Gasteiger charge is 2.11. The minimum absolute atomic E-state index is 0.0621. The molecule has 0 radical (unpaired) electrons. The second-order valence-corrected chi connectivity index (χ2v) is 4.72. The zero-order valence-corrected chi connectivity index (χ0v) is 11.9. The van der Waals surface area contributed by atoms with E-state index in [1.54, 1.807) is 0 Å². The average molecular weight is 299 g/mol. The molecule has 0 saturated carbocycles. The molecule has 114 valence electrons. The number of carbonyl (C=O) groups excluding carboxylic acids is 2. The number of phenols is 1. The number of nitrogen functional groups attached to an aromatic ring is 1. The normalized spacial score (nSPS) is 10.0. The zero-order valence-electron chi connectivity index (χ0n) is 11.9. The van der Waals surface area contributed by atoms with Crippen LogP contribution in [0.15, 0.2) is 48.5 Å². The van der Waals surface area contributed by atoms with Gasteiger partial charge in [0, 0.05) is 12.2 Å². The Kier molecular flexibility index (Phi) is 4.98. The molecule has 0 heterocycles. The Bertz CT molecular complexity index is 672. The molecule has 2 aromatic rings. The topological polar surface area (TPSA) is 104 Å². The fraction of sp³-hybridized carbons (Fsp3) is 0.125. The largest absolute Gasteiger partial charge is 0.508 e. The molecule has 0 aromatic heterocycles. The SMILES string of the molecule is Nc1ccc(O)cc1C(=O)NCC(=O)NCc1ccccc1. The Morgan fingerprint density at radius 1 is 1.05 bits per heavy atom. The average Bonchev–Trinajstić information content (AvgIpc) is 2.54. The number of aromatic hydroxyl groups is 1. The lowest BCUT2D eigenvalue weighted by atomic mass is 10.1. The maximum absolute atomic E-state index is 11.9. The third-order valence-corrected chi connectivity index (χ3v) is 3.02. The van der Waals surface area contributed by atoms with E-state index < -0.39 is 5.91 Å². The molecule has 0 saturated heterocycles. The van der Waals surface area contributed by atoms with Gasteiger partial charge >= 0.3 is 0 Å². The molecular weight excluding hydrogens is 282 g/mol. The summed E-state index contributed by atoms with van der Waals surface area (Å²) in [6, 6.07) is 13.5. The second kappa shape index (κ2) is 7.12. The van der Waals surface area contributed by atoms with Gasteiger partial charge in [0.05, 0.1) is 12.1 Å². The number of hydrogen-bond acceptors (Lipinski definition) is 4. The van der Waals surface area contributed by atoms with Crippen LogP contribution >= 0.6 is 0 Å². The van der Waals surface area contributed by atoms with Crippen molar-refractivity contribution in [2.45, 2.75) is 6.54 Å². The Labute approximate surface area is 128 Å². The molecule has 0 aliphatic carbocycles. The summed E-state index contributed by atoms with van der Waals surface area (Å²) in [5.41, 5.74) is 7.00. The first-order chi connectivity index (χ1) is 10.6. The van der Waals surface area contributed by atoms with E-state index >= 15 is 0 Å². The summed E-state index contributed by atoms with van der Waals surface area (Å²) in [4.78, 5) is 23.6. The fourth-order valence-corrected chi connectivity index (χ4v) is 1.86. The lowest BCUT2D eigenvalue weighted by Gasteiger charge is -2.09. The monoisotopic (exact) mass is 299 g/mol. The van der Waals surface area contributed by atoms with Crippen molar-refractivity contribution in [1.29, 1.82) is 0 Å². The first-order valence-corrected chi connectivity index (χ1v) is 6.73. The van der Waals surface area contributed by atoms with Gasteiger partial charge in [-0.1, -0.05) is 30.3 Å². The first-order valence-electron chi connectivity index (χ1n) is 6.73. The van der Waals surface area contributed by atoms with Gasteiger partial charge in [-0.05, 0) is 23.8 Å². The van der Waals surface area contributed by atoms with Crippen molar-refractivity contribution in [2.75, 3.05) is 12.3 Å². The number of carbonyl (C=O) groups is 2. The molecule has 2 amide bonds. The van der Waals surface area contributed by atoms with Crippen LogP contribution in [0.5, 0.6) is 5.75 Å². The van der Waals surface area contributed by atoms with Gasteiger partial charge in [-0.15, -0.1) is 0 Å². The molecular formula is C16H17N3O3. The molecule has 0 fully saturated rings. The van der Waals surface area contributed by atoms with Gasteiger partial charge < -0.3 is 21.5 Å². The molecule has 6 nitrogen and oxygen atoms in total. The van der Waals surface area contributed by atoms with E-state index in [0.29, 0.717) is 6.54 Å². The maximum atomic E-state index is 11.9. The maximum Gasteiger partial charge on any atom is 0.253 e. The summed E-state index contributed by atoms with van der Waals surface area (Å²) in [6.45, 7) is 0.227.